The number of rotatable bonds is 5. The molecule has 0 bridgehead atoms. The number of aromatic nitrogens is 4. The molecule has 0 saturated heterocycles. The fourth-order valence-electron chi connectivity index (χ4n) is 2.89. The van der Waals surface area contributed by atoms with E-state index in [0.717, 1.165) is 6.07 Å². The normalized spacial score (nSPS) is 10.8. The van der Waals surface area contributed by atoms with Crippen LogP contribution in [0.1, 0.15) is 21.6 Å². The van der Waals surface area contributed by atoms with E-state index in [9.17, 15) is 19.7 Å². The summed E-state index contributed by atoms with van der Waals surface area (Å²) in [5.74, 6) is 0.00866. The van der Waals surface area contributed by atoms with Crippen molar-refractivity contribution in [2.24, 2.45) is 0 Å². The molecule has 2 N–H and O–H groups in total. The summed E-state index contributed by atoms with van der Waals surface area (Å²) in [5, 5.41) is 18.1. The van der Waals surface area contributed by atoms with Gasteiger partial charge in [0.1, 0.15) is 16.5 Å². The lowest BCUT2D eigenvalue weighted by Crippen LogP contribution is -2.20. The molecule has 0 spiro atoms. The largest absolute Gasteiger partial charge is 0.463 e. The number of furan rings is 1. The molecule has 1 amide bonds. The second-order valence-corrected chi connectivity index (χ2v) is 7.19. The molecule has 0 radical (unpaired) electrons. The number of nitrogens with zero attached hydrogens (tertiary/aromatic N) is 4. The Labute approximate surface area is 184 Å². The van der Waals surface area contributed by atoms with E-state index in [1.54, 1.807) is 26.0 Å². The summed E-state index contributed by atoms with van der Waals surface area (Å²) in [5.41, 5.74) is 0.566. The van der Waals surface area contributed by atoms with E-state index >= 15 is 0 Å². The molecule has 32 heavy (non-hydrogen) atoms. The first-order valence-electron chi connectivity index (χ1n) is 9.21. The highest BCUT2D eigenvalue weighted by Crippen LogP contribution is 2.27. The van der Waals surface area contributed by atoms with Gasteiger partial charge in [0.25, 0.3) is 17.2 Å². The number of amides is 1. The number of nitro groups is 1. The topological polar surface area (TPSA) is 149 Å². The van der Waals surface area contributed by atoms with Crippen LogP contribution in [0.25, 0.3) is 17.4 Å². The minimum Gasteiger partial charge on any atom is -0.463 e. The molecule has 4 rings (SSSR count). The molecule has 4 aromatic rings. The highest BCUT2D eigenvalue weighted by Gasteiger charge is 2.20. The zero-order chi connectivity index (χ0) is 23.0. The number of nitrogens with one attached hydrogen (secondary N) is 2. The lowest BCUT2D eigenvalue weighted by atomic mass is 10.2. The minimum atomic E-state index is -0.678. The summed E-state index contributed by atoms with van der Waals surface area (Å²) >= 11 is 5.82. The first kappa shape index (κ1) is 21.0. The molecule has 3 aromatic heterocycles. The zero-order valence-corrected chi connectivity index (χ0v) is 17.5. The number of hydrogen-bond acceptors (Lipinski definition) is 7. The molecular formula is C20H15ClN6O5. The van der Waals surface area contributed by atoms with E-state index < -0.39 is 16.5 Å². The Morgan fingerprint density at radius 2 is 2.06 bits per heavy atom. The fraction of sp³-hybridized carbons (Fsp3) is 0.100. The Morgan fingerprint density at radius 1 is 1.28 bits per heavy atom. The van der Waals surface area contributed by atoms with Gasteiger partial charge in [-0.1, -0.05) is 11.6 Å². The molecule has 0 aliphatic rings. The maximum absolute atomic E-state index is 12.8. The summed E-state index contributed by atoms with van der Waals surface area (Å²) in [6.45, 7) is 3.31. The molecule has 0 aliphatic carbocycles. The van der Waals surface area contributed by atoms with Crippen molar-refractivity contribution in [1.29, 1.82) is 0 Å². The predicted octanol–water partition coefficient (Wildman–Crippen LogP) is 3.65. The SMILES string of the molecule is Cc1nc(-n2nc(-c3ccco3)cc2NC(=O)c2ccc(Cl)c([N+](=O)[O-])c2)[nH]c(=O)c1C. The van der Waals surface area contributed by atoms with E-state index in [1.807, 2.05) is 0 Å². The summed E-state index contributed by atoms with van der Waals surface area (Å²) in [4.78, 5) is 42.5. The van der Waals surface area contributed by atoms with Crippen molar-refractivity contribution >= 4 is 29.0 Å². The molecule has 162 valence electrons. The van der Waals surface area contributed by atoms with Gasteiger partial charge in [-0.15, -0.1) is 0 Å². The highest BCUT2D eigenvalue weighted by atomic mass is 35.5. The number of aromatic amines is 1. The van der Waals surface area contributed by atoms with E-state index in [0.29, 0.717) is 22.7 Å². The van der Waals surface area contributed by atoms with E-state index in [4.69, 9.17) is 16.0 Å². The van der Waals surface area contributed by atoms with E-state index in [-0.39, 0.29) is 27.9 Å². The van der Waals surface area contributed by atoms with Gasteiger partial charge in [-0.05, 0) is 38.1 Å². The number of hydrogen-bond donors (Lipinski definition) is 2. The molecule has 0 unspecified atom stereocenters. The van der Waals surface area contributed by atoms with Crippen LogP contribution in [0.5, 0.6) is 0 Å². The third-order valence-corrected chi connectivity index (χ3v) is 5.03. The van der Waals surface area contributed by atoms with Gasteiger partial charge in [0.2, 0.25) is 5.95 Å². The molecule has 0 atom stereocenters. The minimum absolute atomic E-state index is 0.00920. The number of anilines is 1. The average molecular weight is 455 g/mol. The number of halogens is 1. The van der Waals surface area contributed by atoms with E-state index in [2.05, 4.69) is 20.4 Å². The summed E-state index contributed by atoms with van der Waals surface area (Å²) in [7, 11) is 0. The van der Waals surface area contributed by atoms with Gasteiger partial charge in [0.05, 0.1) is 11.2 Å². The number of carbonyl (C=O) groups is 1. The lowest BCUT2D eigenvalue weighted by molar-refractivity contribution is -0.384. The van der Waals surface area contributed by atoms with Gasteiger partial charge in [-0.3, -0.25) is 24.7 Å². The molecule has 0 saturated carbocycles. The smallest absolute Gasteiger partial charge is 0.288 e. The monoisotopic (exact) mass is 454 g/mol. The van der Waals surface area contributed by atoms with Crippen LogP contribution in [-0.2, 0) is 0 Å². The number of benzene rings is 1. The van der Waals surface area contributed by atoms with Crippen molar-refractivity contribution < 1.29 is 14.1 Å². The highest BCUT2D eigenvalue weighted by molar-refractivity contribution is 6.32. The summed E-state index contributed by atoms with van der Waals surface area (Å²) in [6, 6.07) is 8.57. The molecule has 3 heterocycles. The first-order chi connectivity index (χ1) is 15.2. The molecule has 11 nitrogen and oxygen atoms in total. The molecule has 1 aromatic carbocycles. The van der Waals surface area contributed by atoms with Gasteiger partial charge < -0.3 is 9.73 Å². The quantitative estimate of drug-likeness (QED) is 0.345. The van der Waals surface area contributed by atoms with Crippen LogP contribution in [0.2, 0.25) is 5.02 Å². The maximum atomic E-state index is 12.8. The van der Waals surface area contributed by atoms with Gasteiger partial charge in [0, 0.05) is 29.0 Å². The average Bonchev–Trinajstić information content (AvgIpc) is 3.41. The van der Waals surface area contributed by atoms with Crippen molar-refractivity contribution in [1.82, 2.24) is 19.7 Å². The van der Waals surface area contributed by atoms with Crippen LogP contribution in [0, 0.1) is 24.0 Å². The van der Waals surface area contributed by atoms with Crippen molar-refractivity contribution in [2.75, 3.05) is 5.32 Å². The lowest BCUT2D eigenvalue weighted by Gasteiger charge is -2.09. The van der Waals surface area contributed by atoms with Crippen molar-refractivity contribution in [3.05, 3.63) is 85.0 Å². The standard InChI is InChI=1S/C20H15ClN6O5/c1-10-11(2)22-20(24-18(10)28)26-17(9-14(25-26)16-4-3-7-32-16)23-19(29)12-5-6-13(21)15(8-12)27(30)31/h3-9H,1-2H3,(H,23,29)(H,22,24,28). The van der Waals surface area contributed by atoms with Crippen molar-refractivity contribution in [3.63, 3.8) is 0 Å². The third-order valence-electron chi connectivity index (χ3n) is 4.71. The second-order valence-electron chi connectivity index (χ2n) is 6.78. The third kappa shape index (κ3) is 3.88. The molecule has 12 heteroatoms. The fourth-order valence-corrected chi connectivity index (χ4v) is 3.08. The van der Waals surface area contributed by atoms with Crippen LogP contribution >= 0.6 is 11.6 Å². The zero-order valence-electron chi connectivity index (χ0n) is 16.7. The molecule has 0 fully saturated rings. The van der Waals surface area contributed by atoms with Crippen LogP contribution in [-0.4, -0.2) is 30.6 Å². The number of carbonyl (C=O) groups excluding carboxylic acids is 1. The van der Waals surface area contributed by atoms with Gasteiger partial charge in [-0.25, -0.2) is 4.98 Å². The number of aryl methyl sites for hydroxylation is 1. The predicted molar refractivity (Wildman–Crippen MR) is 115 cm³/mol. The molecule has 0 aliphatic heterocycles. The number of H-pyrrole nitrogens is 1. The van der Waals surface area contributed by atoms with E-state index in [1.165, 1.54) is 29.1 Å². The van der Waals surface area contributed by atoms with Crippen LogP contribution < -0.4 is 10.9 Å². The van der Waals surface area contributed by atoms with Gasteiger partial charge in [-0.2, -0.15) is 9.78 Å². The Hall–Kier alpha value is -4.25. The van der Waals surface area contributed by atoms with Crippen LogP contribution in [0.15, 0.2) is 51.9 Å². The Morgan fingerprint density at radius 3 is 2.72 bits per heavy atom. The van der Waals surface area contributed by atoms with Crippen molar-refractivity contribution in [2.45, 2.75) is 13.8 Å². The Balaban J connectivity index is 1.78. The Kier molecular flexibility index (Phi) is 5.33. The molecular weight excluding hydrogens is 440 g/mol. The van der Waals surface area contributed by atoms with Crippen LogP contribution in [0.3, 0.4) is 0 Å². The van der Waals surface area contributed by atoms with Crippen molar-refractivity contribution in [3.8, 4) is 17.4 Å². The second kappa shape index (κ2) is 8.12. The first-order valence-corrected chi connectivity index (χ1v) is 9.59. The summed E-state index contributed by atoms with van der Waals surface area (Å²) < 4.78 is 6.61. The van der Waals surface area contributed by atoms with Crippen LogP contribution in [0.4, 0.5) is 11.5 Å². The summed E-state index contributed by atoms with van der Waals surface area (Å²) in [6.07, 6.45) is 1.47. The Bertz CT molecular complexity index is 1410. The van der Waals surface area contributed by atoms with Gasteiger partial charge in [0.15, 0.2) is 5.76 Å². The number of nitro benzene ring substituents is 1. The maximum Gasteiger partial charge on any atom is 0.288 e. The van der Waals surface area contributed by atoms with Gasteiger partial charge >= 0.3 is 0 Å².